The lowest BCUT2D eigenvalue weighted by atomic mass is 10.1. The number of nitrogens with zero attached hydrogens (tertiary/aromatic N) is 1. The molecule has 1 fully saturated rings. The van der Waals surface area contributed by atoms with Gasteiger partial charge in [0.1, 0.15) is 0 Å². The third-order valence-corrected chi connectivity index (χ3v) is 4.41. The van der Waals surface area contributed by atoms with Gasteiger partial charge in [-0.05, 0) is 49.6 Å². The maximum absolute atomic E-state index is 12.4. The molecule has 2 aromatic rings. The number of carbonyl (C=O) groups is 2. The molecule has 2 amide bonds. The van der Waals surface area contributed by atoms with E-state index >= 15 is 0 Å². The van der Waals surface area contributed by atoms with E-state index in [2.05, 4.69) is 5.32 Å². The van der Waals surface area contributed by atoms with Crippen LogP contribution in [0.2, 0.25) is 0 Å². The van der Waals surface area contributed by atoms with Gasteiger partial charge in [-0.25, -0.2) is 0 Å². The Morgan fingerprint density at radius 1 is 1.04 bits per heavy atom. The Kier molecular flexibility index (Phi) is 4.94. The van der Waals surface area contributed by atoms with Crippen LogP contribution in [0.3, 0.4) is 0 Å². The Balaban J connectivity index is 1.66. The summed E-state index contributed by atoms with van der Waals surface area (Å²) in [6.45, 7) is 2.73. The highest BCUT2D eigenvalue weighted by Gasteiger charge is 2.20. The monoisotopic (exact) mass is 322 g/mol. The lowest BCUT2D eigenvalue weighted by molar-refractivity contribution is -0.119. The normalized spacial score (nSPS) is 15.9. The highest BCUT2D eigenvalue weighted by Crippen LogP contribution is 2.21. The summed E-state index contributed by atoms with van der Waals surface area (Å²) in [5, 5.41) is 3.00. The second-order valence-electron chi connectivity index (χ2n) is 6.16. The highest BCUT2D eigenvalue weighted by molar-refractivity contribution is 5.97. The summed E-state index contributed by atoms with van der Waals surface area (Å²) in [5.41, 5.74) is 2.54. The number of rotatable bonds is 4. The number of nitrogens with one attached hydrogen (secondary N) is 1. The van der Waals surface area contributed by atoms with Crippen LogP contribution in [-0.4, -0.2) is 18.4 Å². The van der Waals surface area contributed by atoms with E-state index in [1.54, 1.807) is 17.0 Å². The lowest BCUT2D eigenvalue weighted by Crippen LogP contribution is -2.35. The first kappa shape index (κ1) is 16.2. The Bertz CT molecular complexity index is 710. The predicted octanol–water partition coefficient (Wildman–Crippen LogP) is 3.69. The summed E-state index contributed by atoms with van der Waals surface area (Å²) in [5.74, 6) is 0.0547. The van der Waals surface area contributed by atoms with Crippen molar-refractivity contribution < 1.29 is 9.59 Å². The minimum Gasteiger partial charge on any atom is -0.346 e. The fourth-order valence-corrected chi connectivity index (χ4v) is 2.98. The van der Waals surface area contributed by atoms with Crippen LogP contribution in [0, 0.1) is 0 Å². The predicted molar refractivity (Wildman–Crippen MR) is 95.0 cm³/mol. The fourth-order valence-electron chi connectivity index (χ4n) is 2.98. The summed E-state index contributed by atoms with van der Waals surface area (Å²) >= 11 is 0. The van der Waals surface area contributed by atoms with Gasteiger partial charge in [0.2, 0.25) is 5.91 Å². The Morgan fingerprint density at radius 3 is 2.42 bits per heavy atom. The van der Waals surface area contributed by atoms with Gasteiger partial charge in [-0.15, -0.1) is 0 Å². The maximum atomic E-state index is 12.4. The summed E-state index contributed by atoms with van der Waals surface area (Å²) < 4.78 is 0. The van der Waals surface area contributed by atoms with E-state index in [0.29, 0.717) is 12.0 Å². The first-order chi connectivity index (χ1) is 11.6. The SMILES string of the molecule is CC(NC(=O)c1ccc(N2CCCCC2=O)cc1)c1ccccc1. The molecule has 4 nitrogen and oxygen atoms in total. The number of benzene rings is 2. The molecule has 1 heterocycles. The largest absolute Gasteiger partial charge is 0.346 e. The second kappa shape index (κ2) is 7.30. The Hall–Kier alpha value is -2.62. The molecule has 0 radical (unpaired) electrons. The van der Waals surface area contributed by atoms with Crippen molar-refractivity contribution in [2.45, 2.75) is 32.2 Å². The first-order valence-corrected chi connectivity index (χ1v) is 8.41. The van der Waals surface area contributed by atoms with Crippen LogP contribution in [-0.2, 0) is 4.79 Å². The van der Waals surface area contributed by atoms with Crippen molar-refractivity contribution >= 4 is 17.5 Å². The fraction of sp³-hybridized carbons (Fsp3) is 0.300. The van der Waals surface area contributed by atoms with Crippen molar-refractivity contribution in [3.05, 3.63) is 65.7 Å². The summed E-state index contributed by atoms with van der Waals surface area (Å²) in [4.78, 5) is 26.2. The number of amides is 2. The van der Waals surface area contributed by atoms with Gasteiger partial charge in [0.05, 0.1) is 6.04 Å². The average Bonchev–Trinajstić information content (AvgIpc) is 2.63. The van der Waals surface area contributed by atoms with Crippen LogP contribution < -0.4 is 10.2 Å². The van der Waals surface area contributed by atoms with E-state index < -0.39 is 0 Å². The van der Waals surface area contributed by atoms with Gasteiger partial charge < -0.3 is 10.2 Å². The van der Waals surface area contributed by atoms with Gasteiger partial charge in [0.15, 0.2) is 0 Å². The molecule has 1 N–H and O–H groups in total. The zero-order chi connectivity index (χ0) is 16.9. The number of anilines is 1. The molecular formula is C20H22N2O2. The lowest BCUT2D eigenvalue weighted by Gasteiger charge is -2.26. The van der Waals surface area contributed by atoms with Crippen molar-refractivity contribution in [1.29, 1.82) is 0 Å². The highest BCUT2D eigenvalue weighted by atomic mass is 16.2. The zero-order valence-electron chi connectivity index (χ0n) is 13.9. The third kappa shape index (κ3) is 3.65. The number of carbonyl (C=O) groups excluding carboxylic acids is 2. The quantitative estimate of drug-likeness (QED) is 0.933. The topological polar surface area (TPSA) is 49.4 Å². The van der Waals surface area contributed by atoms with E-state index in [9.17, 15) is 9.59 Å². The average molecular weight is 322 g/mol. The van der Waals surface area contributed by atoms with Crippen LogP contribution in [0.15, 0.2) is 54.6 Å². The standard InChI is InChI=1S/C20H22N2O2/c1-15(16-7-3-2-4-8-16)21-20(24)17-10-12-18(13-11-17)22-14-6-5-9-19(22)23/h2-4,7-8,10-13,15H,5-6,9,14H2,1H3,(H,21,24). The molecule has 2 aromatic carbocycles. The molecule has 0 bridgehead atoms. The van der Waals surface area contributed by atoms with Crippen molar-refractivity contribution in [2.24, 2.45) is 0 Å². The molecule has 0 aromatic heterocycles. The molecule has 124 valence electrons. The van der Waals surface area contributed by atoms with E-state index in [1.165, 1.54) is 0 Å². The van der Waals surface area contributed by atoms with Crippen molar-refractivity contribution in [3.8, 4) is 0 Å². The summed E-state index contributed by atoms with van der Waals surface area (Å²) in [6.07, 6.45) is 2.60. The van der Waals surface area contributed by atoms with Crippen LogP contribution in [0.5, 0.6) is 0 Å². The molecule has 1 atom stereocenters. The Morgan fingerprint density at radius 2 is 1.75 bits per heavy atom. The van der Waals surface area contributed by atoms with Gasteiger partial charge in [-0.2, -0.15) is 0 Å². The van der Waals surface area contributed by atoms with Crippen molar-refractivity contribution in [1.82, 2.24) is 5.32 Å². The molecule has 1 unspecified atom stereocenters. The van der Waals surface area contributed by atoms with Crippen LogP contribution in [0.25, 0.3) is 0 Å². The van der Waals surface area contributed by atoms with Gasteiger partial charge in [-0.3, -0.25) is 9.59 Å². The minimum atomic E-state index is -0.108. The number of hydrogen-bond donors (Lipinski definition) is 1. The third-order valence-electron chi connectivity index (χ3n) is 4.41. The van der Waals surface area contributed by atoms with Gasteiger partial charge in [0, 0.05) is 24.2 Å². The molecule has 0 aliphatic carbocycles. The molecular weight excluding hydrogens is 300 g/mol. The van der Waals surface area contributed by atoms with E-state index in [0.717, 1.165) is 30.6 Å². The smallest absolute Gasteiger partial charge is 0.251 e. The zero-order valence-corrected chi connectivity index (χ0v) is 13.9. The van der Waals surface area contributed by atoms with Gasteiger partial charge >= 0.3 is 0 Å². The molecule has 4 heteroatoms. The molecule has 0 saturated carbocycles. The van der Waals surface area contributed by atoms with Crippen LogP contribution >= 0.6 is 0 Å². The molecule has 3 rings (SSSR count). The van der Waals surface area contributed by atoms with Gasteiger partial charge in [0.25, 0.3) is 5.91 Å². The van der Waals surface area contributed by atoms with Gasteiger partial charge in [-0.1, -0.05) is 30.3 Å². The number of piperidine rings is 1. The van der Waals surface area contributed by atoms with Crippen molar-refractivity contribution in [2.75, 3.05) is 11.4 Å². The summed E-state index contributed by atoms with van der Waals surface area (Å²) in [6, 6.07) is 17.1. The minimum absolute atomic E-state index is 0.0537. The van der Waals surface area contributed by atoms with E-state index in [4.69, 9.17) is 0 Å². The van der Waals surface area contributed by atoms with E-state index in [1.807, 2.05) is 49.4 Å². The molecule has 0 spiro atoms. The maximum Gasteiger partial charge on any atom is 0.251 e. The van der Waals surface area contributed by atoms with Crippen LogP contribution in [0.1, 0.15) is 48.1 Å². The number of hydrogen-bond acceptors (Lipinski definition) is 2. The van der Waals surface area contributed by atoms with E-state index in [-0.39, 0.29) is 17.9 Å². The molecule has 1 saturated heterocycles. The Labute approximate surface area is 142 Å². The molecule has 1 aliphatic heterocycles. The molecule has 24 heavy (non-hydrogen) atoms. The first-order valence-electron chi connectivity index (χ1n) is 8.41. The summed E-state index contributed by atoms with van der Waals surface area (Å²) in [7, 11) is 0. The van der Waals surface area contributed by atoms with Crippen LogP contribution in [0.4, 0.5) is 5.69 Å². The van der Waals surface area contributed by atoms with Crippen molar-refractivity contribution in [3.63, 3.8) is 0 Å². The molecule has 1 aliphatic rings. The second-order valence-corrected chi connectivity index (χ2v) is 6.16.